The molecule has 0 unspecified atom stereocenters. The summed E-state index contributed by atoms with van der Waals surface area (Å²) in [6, 6.07) is 9.15. The van der Waals surface area contributed by atoms with Gasteiger partial charge in [-0.3, -0.25) is 0 Å². The van der Waals surface area contributed by atoms with Crippen LogP contribution in [0, 0.1) is 0 Å². The number of benzene rings is 2. The van der Waals surface area contributed by atoms with Crippen molar-refractivity contribution in [2.24, 2.45) is 0 Å². The molecule has 2 aromatic carbocycles. The van der Waals surface area contributed by atoms with E-state index in [1.54, 1.807) is 31.1 Å². The first-order chi connectivity index (χ1) is 19.2. The molecule has 0 saturated heterocycles. The van der Waals surface area contributed by atoms with Crippen LogP contribution in [0.4, 0.5) is 30.6 Å². The maximum absolute atomic E-state index is 13.7. The summed E-state index contributed by atoms with van der Waals surface area (Å²) in [5.74, 6) is 0.600. The van der Waals surface area contributed by atoms with Gasteiger partial charge in [0.2, 0.25) is 26.0 Å². The summed E-state index contributed by atoms with van der Waals surface area (Å²) in [6.07, 6.45) is -2.65. The van der Waals surface area contributed by atoms with Gasteiger partial charge in [-0.25, -0.2) is 31.3 Å². The molecule has 0 aliphatic carbocycles. The smallest absolute Gasteiger partial charge is 0.370 e. The molecule has 4 N–H and O–H groups in total. The Kier molecular flexibility index (Phi) is 9.18. The number of fused-ring (bicyclic) bond motifs is 4. The Morgan fingerprint density at radius 3 is 2.59 bits per heavy atom. The van der Waals surface area contributed by atoms with Gasteiger partial charge in [-0.15, -0.1) is 0 Å². The van der Waals surface area contributed by atoms with Crippen LogP contribution >= 0.6 is 0 Å². The molecule has 3 aromatic rings. The van der Waals surface area contributed by atoms with Crippen molar-refractivity contribution >= 4 is 37.5 Å². The zero-order chi connectivity index (χ0) is 29.8. The molecule has 2 heterocycles. The van der Waals surface area contributed by atoms with Crippen LogP contribution in [-0.2, 0) is 39.2 Å². The molecule has 0 amide bonds. The second-order valence-electron chi connectivity index (χ2n) is 9.60. The summed E-state index contributed by atoms with van der Waals surface area (Å²) in [5.41, 5.74) is -0.0279. The first-order valence-electron chi connectivity index (χ1n) is 12.6. The molecule has 0 saturated carbocycles. The molecule has 4 bridgehead atoms. The number of aromatic nitrogens is 2. The van der Waals surface area contributed by atoms with Gasteiger partial charge in [-0.05, 0) is 62.8 Å². The fraction of sp³-hybridized carbons (Fsp3) is 0.360. The summed E-state index contributed by atoms with van der Waals surface area (Å²) < 4.78 is 96.7. The Hall–Kier alpha value is -3.31. The summed E-state index contributed by atoms with van der Waals surface area (Å²) in [4.78, 5) is 9.89. The van der Waals surface area contributed by atoms with E-state index < -0.39 is 36.7 Å². The van der Waals surface area contributed by atoms with Gasteiger partial charge in [-0.2, -0.15) is 18.2 Å². The van der Waals surface area contributed by atoms with Crippen molar-refractivity contribution in [3.8, 4) is 0 Å². The molecule has 41 heavy (non-hydrogen) atoms. The quantitative estimate of drug-likeness (QED) is 0.316. The van der Waals surface area contributed by atoms with Crippen LogP contribution in [0.5, 0.6) is 0 Å². The van der Waals surface area contributed by atoms with E-state index in [2.05, 4.69) is 30.0 Å². The van der Waals surface area contributed by atoms with Crippen LogP contribution < -0.4 is 20.1 Å². The van der Waals surface area contributed by atoms with Crippen molar-refractivity contribution < 1.29 is 30.0 Å². The Bertz CT molecular complexity index is 1620. The molecule has 0 radical (unpaired) electrons. The highest BCUT2D eigenvalue weighted by Crippen LogP contribution is 2.34. The summed E-state index contributed by atoms with van der Waals surface area (Å²) in [7, 11) is -4.71. The molecule has 222 valence electrons. The number of nitrogens with one attached hydrogen (secondary N) is 4. The minimum atomic E-state index is -4.72. The number of nitrogens with zero attached hydrogens (tertiary/aromatic N) is 3. The molecule has 0 spiro atoms. The topological polar surface area (TPSA) is 145 Å². The Balaban J connectivity index is 1.51. The van der Waals surface area contributed by atoms with E-state index in [4.69, 9.17) is 0 Å². The number of sulfonamides is 2. The number of halogens is 3. The van der Waals surface area contributed by atoms with Crippen molar-refractivity contribution in [1.29, 1.82) is 0 Å². The summed E-state index contributed by atoms with van der Waals surface area (Å²) in [6.45, 7) is 0.401. The summed E-state index contributed by atoms with van der Waals surface area (Å²) >= 11 is 0. The molecule has 11 nitrogen and oxygen atoms in total. The number of hydrogen-bond acceptors (Lipinski definition) is 9. The van der Waals surface area contributed by atoms with Crippen LogP contribution in [0.3, 0.4) is 0 Å². The van der Waals surface area contributed by atoms with Gasteiger partial charge in [0.1, 0.15) is 5.82 Å². The fourth-order valence-corrected chi connectivity index (χ4v) is 6.30. The number of hydrogen-bond donors (Lipinski definition) is 4. The lowest BCUT2D eigenvalue weighted by atomic mass is 10.1. The minimum absolute atomic E-state index is 0.000534. The van der Waals surface area contributed by atoms with Crippen molar-refractivity contribution in [3.63, 3.8) is 0 Å². The Labute approximate surface area is 236 Å². The third-order valence-electron chi connectivity index (χ3n) is 6.07. The van der Waals surface area contributed by atoms with Gasteiger partial charge in [0.15, 0.2) is 0 Å². The second kappa shape index (κ2) is 12.3. The lowest BCUT2D eigenvalue weighted by Gasteiger charge is -2.18. The van der Waals surface area contributed by atoms with Crippen LogP contribution in [0.15, 0.2) is 58.5 Å². The maximum atomic E-state index is 13.7. The van der Waals surface area contributed by atoms with E-state index in [9.17, 15) is 30.0 Å². The second-order valence-corrected chi connectivity index (χ2v) is 13.1. The molecule has 0 fully saturated rings. The van der Waals surface area contributed by atoms with Gasteiger partial charge < -0.3 is 15.5 Å². The van der Waals surface area contributed by atoms with Gasteiger partial charge in [0.05, 0.1) is 15.4 Å². The highest BCUT2D eigenvalue weighted by molar-refractivity contribution is 7.89. The average Bonchev–Trinajstić information content (AvgIpc) is 2.89. The lowest BCUT2D eigenvalue weighted by Crippen LogP contribution is -2.27. The Morgan fingerprint density at radius 2 is 1.85 bits per heavy atom. The third-order valence-corrected chi connectivity index (χ3v) is 8.99. The van der Waals surface area contributed by atoms with Gasteiger partial charge >= 0.3 is 6.18 Å². The van der Waals surface area contributed by atoms with E-state index in [1.807, 2.05) is 0 Å². The SMILES string of the molecule is CN(C)Cc1ccc(S(=O)(=O)NCCc2cnc3nc2NCCCNS(=O)(=O)c2cccc(c2)N3)cc1C(F)(F)F. The first kappa shape index (κ1) is 30.6. The number of rotatable bonds is 7. The fourth-order valence-electron chi connectivity index (χ4n) is 4.13. The first-order valence-corrected chi connectivity index (χ1v) is 15.5. The minimum Gasteiger partial charge on any atom is -0.370 e. The largest absolute Gasteiger partial charge is 0.416 e. The molecule has 16 heteroatoms. The monoisotopic (exact) mass is 613 g/mol. The van der Waals surface area contributed by atoms with E-state index in [0.717, 1.165) is 6.07 Å². The highest BCUT2D eigenvalue weighted by Gasteiger charge is 2.34. The van der Waals surface area contributed by atoms with Crippen molar-refractivity contribution in [3.05, 3.63) is 65.4 Å². The van der Waals surface area contributed by atoms with Gasteiger partial charge in [0, 0.05) is 43.6 Å². The average molecular weight is 614 g/mol. The van der Waals surface area contributed by atoms with E-state index in [1.165, 1.54) is 24.4 Å². The van der Waals surface area contributed by atoms with E-state index >= 15 is 0 Å². The lowest BCUT2D eigenvalue weighted by molar-refractivity contribution is -0.138. The normalized spacial score (nSPS) is 15.7. The molecule has 1 aliphatic rings. The van der Waals surface area contributed by atoms with Crippen LogP contribution in [-0.4, -0.2) is 65.4 Å². The molecular weight excluding hydrogens is 583 g/mol. The van der Waals surface area contributed by atoms with E-state index in [-0.39, 0.29) is 42.5 Å². The van der Waals surface area contributed by atoms with Crippen LogP contribution in [0.1, 0.15) is 23.1 Å². The van der Waals surface area contributed by atoms with Crippen LogP contribution in [0.2, 0.25) is 0 Å². The predicted octanol–water partition coefficient (Wildman–Crippen LogP) is 2.92. The predicted molar refractivity (Wildman–Crippen MR) is 148 cm³/mol. The van der Waals surface area contributed by atoms with Gasteiger partial charge in [0.25, 0.3) is 0 Å². The summed E-state index contributed by atoms with van der Waals surface area (Å²) in [5, 5.41) is 6.08. The maximum Gasteiger partial charge on any atom is 0.416 e. The van der Waals surface area contributed by atoms with Crippen molar-refractivity contribution in [1.82, 2.24) is 24.3 Å². The third kappa shape index (κ3) is 7.91. The highest BCUT2D eigenvalue weighted by atomic mass is 32.2. The van der Waals surface area contributed by atoms with Gasteiger partial charge in [-0.1, -0.05) is 12.1 Å². The Morgan fingerprint density at radius 1 is 1.07 bits per heavy atom. The van der Waals surface area contributed by atoms with Crippen LogP contribution in [0.25, 0.3) is 0 Å². The molecule has 1 aliphatic heterocycles. The molecule has 1 aromatic heterocycles. The van der Waals surface area contributed by atoms with Crippen molar-refractivity contribution in [2.45, 2.75) is 35.4 Å². The number of anilines is 3. The van der Waals surface area contributed by atoms with E-state index in [0.29, 0.717) is 36.1 Å². The number of alkyl halides is 3. The zero-order valence-electron chi connectivity index (χ0n) is 22.3. The zero-order valence-corrected chi connectivity index (χ0v) is 23.9. The standard InChI is InChI=1S/C25H30F3N7O4S2/c1-35(2)16-18-7-8-21(14-22(18)25(26,27)28)41(38,39)32-12-9-17-15-30-24-33-19-5-3-6-20(13-19)40(36,37)31-11-4-10-29-23(17)34-24/h3,5-8,13-15,31-32H,4,9-12,16H2,1-2H3,(H2,29,30,33,34). The van der Waals surface area contributed by atoms with Crippen molar-refractivity contribution in [2.75, 3.05) is 44.4 Å². The molecule has 0 atom stereocenters. The molecule has 4 rings (SSSR count). The molecular formula is C25H30F3N7O4S2.